The Morgan fingerprint density at radius 3 is 2.60 bits per heavy atom. The summed E-state index contributed by atoms with van der Waals surface area (Å²) in [5.41, 5.74) is 1.28. The minimum Gasteiger partial charge on any atom is -0.301 e. The number of hydrogen-bond donors (Lipinski definition) is 0. The zero-order valence-corrected chi connectivity index (χ0v) is 13.5. The first-order chi connectivity index (χ1) is 9.74. The SMILES string of the molecule is C=CCn1c(CSc2ccc(C)cc2)nnc1SCC. The first-order valence-corrected chi connectivity index (χ1v) is 8.57. The molecule has 0 aliphatic carbocycles. The van der Waals surface area contributed by atoms with E-state index in [9.17, 15) is 0 Å². The summed E-state index contributed by atoms with van der Waals surface area (Å²) < 4.78 is 2.14. The molecule has 0 saturated heterocycles. The predicted molar refractivity (Wildman–Crippen MR) is 87.4 cm³/mol. The summed E-state index contributed by atoms with van der Waals surface area (Å²) in [6.45, 7) is 8.80. The number of aromatic nitrogens is 3. The van der Waals surface area contributed by atoms with E-state index in [2.05, 4.69) is 59.5 Å². The van der Waals surface area contributed by atoms with Gasteiger partial charge in [-0.25, -0.2) is 0 Å². The highest BCUT2D eigenvalue weighted by Gasteiger charge is 2.11. The molecule has 0 bridgehead atoms. The number of hydrogen-bond acceptors (Lipinski definition) is 4. The van der Waals surface area contributed by atoms with Crippen molar-refractivity contribution in [3.8, 4) is 0 Å². The average Bonchev–Trinajstić information content (AvgIpc) is 2.82. The minimum atomic E-state index is 0.763. The molecule has 1 aromatic heterocycles. The molecule has 2 aromatic rings. The van der Waals surface area contributed by atoms with Crippen molar-refractivity contribution < 1.29 is 0 Å². The van der Waals surface area contributed by atoms with Crippen LogP contribution in [0.4, 0.5) is 0 Å². The highest BCUT2D eigenvalue weighted by molar-refractivity contribution is 7.99. The van der Waals surface area contributed by atoms with E-state index in [1.54, 1.807) is 23.5 Å². The minimum absolute atomic E-state index is 0.763. The van der Waals surface area contributed by atoms with Crippen LogP contribution >= 0.6 is 23.5 Å². The highest BCUT2D eigenvalue weighted by atomic mass is 32.2. The first-order valence-electron chi connectivity index (χ1n) is 6.59. The molecule has 0 spiro atoms. The lowest BCUT2D eigenvalue weighted by atomic mass is 10.2. The van der Waals surface area contributed by atoms with E-state index in [0.29, 0.717) is 0 Å². The third-order valence-corrected chi connectivity index (χ3v) is 4.62. The van der Waals surface area contributed by atoms with Crippen LogP contribution in [0.25, 0.3) is 0 Å². The zero-order valence-electron chi connectivity index (χ0n) is 11.9. The Morgan fingerprint density at radius 2 is 1.95 bits per heavy atom. The Morgan fingerprint density at radius 1 is 1.20 bits per heavy atom. The Hall–Kier alpha value is -1.20. The Kier molecular flexibility index (Phi) is 5.73. The molecule has 0 amide bonds. The molecule has 0 aliphatic heterocycles. The molecule has 0 fully saturated rings. The van der Waals surface area contributed by atoms with Crippen molar-refractivity contribution in [3.63, 3.8) is 0 Å². The maximum Gasteiger partial charge on any atom is 0.191 e. The van der Waals surface area contributed by atoms with Gasteiger partial charge in [-0.3, -0.25) is 0 Å². The van der Waals surface area contributed by atoms with Gasteiger partial charge in [0.15, 0.2) is 5.16 Å². The Bertz CT molecular complexity index is 561. The highest BCUT2D eigenvalue weighted by Crippen LogP contribution is 2.24. The fourth-order valence-electron chi connectivity index (χ4n) is 1.76. The van der Waals surface area contributed by atoms with Gasteiger partial charge in [0.2, 0.25) is 0 Å². The standard InChI is InChI=1S/C15H19N3S2/c1-4-10-18-14(16-17-15(18)19-5-2)11-20-13-8-6-12(3)7-9-13/h4,6-9H,1,5,10-11H2,2-3H3. The van der Waals surface area contributed by atoms with E-state index in [-0.39, 0.29) is 0 Å². The van der Waals surface area contributed by atoms with Crippen LogP contribution in [0.3, 0.4) is 0 Å². The van der Waals surface area contributed by atoms with Gasteiger partial charge in [0, 0.05) is 11.4 Å². The molecule has 5 heteroatoms. The zero-order chi connectivity index (χ0) is 14.4. The van der Waals surface area contributed by atoms with E-state index < -0.39 is 0 Å². The number of rotatable bonds is 7. The lowest BCUT2D eigenvalue weighted by Crippen LogP contribution is -2.02. The summed E-state index contributed by atoms with van der Waals surface area (Å²) in [6, 6.07) is 8.57. The molecule has 0 radical (unpaired) electrons. The molecule has 1 heterocycles. The predicted octanol–water partition coefficient (Wildman–Crippen LogP) is 4.18. The molecule has 1 aromatic carbocycles. The van der Waals surface area contributed by atoms with Gasteiger partial charge in [0.1, 0.15) is 5.82 Å². The van der Waals surface area contributed by atoms with Crippen LogP contribution in [0.15, 0.2) is 47.0 Å². The Labute approximate surface area is 128 Å². The van der Waals surface area contributed by atoms with E-state index in [0.717, 1.165) is 29.0 Å². The number of thioether (sulfide) groups is 2. The van der Waals surface area contributed by atoms with Crippen molar-refractivity contribution in [2.45, 2.75) is 36.2 Å². The third-order valence-electron chi connectivity index (χ3n) is 2.77. The van der Waals surface area contributed by atoms with Gasteiger partial charge in [-0.2, -0.15) is 0 Å². The van der Waals surface area contributed by atoms with E-state index >= 15 is 0 Å². The van der Waals surface area contributed by atoms with Gasteiger partial charge in [0.25, 0.3) is 0 Å². The number of aryl methyl sites for hydroxylation is 1. The van der Waals surface area contributed by atoms with Crippen LogP contribution in [-0.2, 0) is 12.3 Å². The lowest BCUT2D eigenvalue weighted by Gasteiger charge is -2.07. The summed E-state index contributed by atoms with van der Waals surface area (Å²) in [5.74, 6) is 2.83. The molecule has 0 aliphatic rings. The van der Waals surface area contributed by atoms with Crippen LogP contribution in [0, 0.1) is 6.92 Å². The van der Waals surface area contributed by atoms with Crippen molar-refractivity contribution in [2.75, 3.05) is 5.75 Å². The van der Waals surface area contributed by atoms with Gasteiger partial charge in [0.05, 0.1) is 5.75 Å². The van der Waals surface area contributed by atoms with Gasteiger partial charge in [-0.1, -0.05) is 42.5 Å². The molecule has 106 valence electrons. The molecule has 3 nitrogen and oxygen atoms in total. The third kappa shape index (κ3) is 3.90. The number of benzene rings is 1. The van der Waals surface area contributed by atoms with E-state index in [1.807, 2.05) is 6.08 Å². The van der Waals surface area contributed by atoms with Crippen LogP contribution in [0.5, 0.6) is 0 Å². The molecule has 0 unspecified atom stereocenters. The van der Waals surface area contributed by atoms with Gasteiger partial charge in [-0.05, 0) is 24.8 Å². The number of allylic oxidation sites excluding steroid dienone is 1. The molecular weight excluding hydrogens is 286 g/mol. The first kappa shape index (κ1) is 15.2. The van der Waals surface area contributed by atoms with Crippen molar-refractivity contribution in [1.82, 2.24) is 14.8 Å². The second kappa shape index (κ2) is 7.55. The molecule has 20 heavy (non-hydrogen) atoms. The fraction of sp³-hybridized carbons (Fsp3) is 0.333. The van der Waals surface area contributed by atoms with Crippen LogP contribution in [0.1, 0.15) is 18.3 Å². The molecule has 0 atom stereocenters. The average molecular weight is 305 g/mol. The van der Waals surface area contributed by atoms with Gasteiger partial charge in [-0.15, -0.1) is 28.5 Å². The maximum absolute atomic E-state index is 4.31. The summed E-state index contributed by atoms with van der Waals surface area (Å²) in [7, 11) is 0. The van der Waals surface area contributed by atoms with Crippen LogP contribution < -0.4 is 0 Å². The summed E-state index contributed by atoms with van der Waals surface area (Å²) in [4.78, 5) is 1.26. The smallest absolute Gasteiger partial charge is 0.191 e. The topological polar surface area (TPSA) is 30.7 Å². The van der Waals surface area contributed by atoms with Crippen molar-refractivity contribution in [2.24, 2.45) is 0 Å². The van der Waals surface area contributed by atoms with E-state index in [4.69, 9.17) is 0 Å². The second-order valence-corrected chi connectivity index (χ2v) is 6.61. The monoisotopic (exact) mass is 305 g/mol. The van der Waals surface area contributed by atoms with Crippen LogP contribution in [0.2, 0.25) is 0 Å². The van der Waals surface area contributed by atoms with Crippen molar-refractivity contribution >= 4 is 23.5 Å². The van der Waals surface area contributed by atoms with Gasteiger partial charge < -0.3 is 4.57 Å². The molecular formula is C15H19N3S2. The van der Waals surface area contributed by atoms with Crippen molar-refractivity contribution in [3.05, 3.63) is 48.3 Å². The summed E-state index contributed by atoms with van der Waals surface area (Å²) >= 11 is 3.51. The quantitative estimate of drug-likeness (QED) is 0.567. The fourth-order valence-corrected chi connectivity index (χ4v) is 3.29. The number of nitrogens with zero attached hydrogens (tertiary/aromatic N) is 3. The molecule has 0 saturated carbocycles. The van der Waals surface area contributed by atoms with Crippen LogP contribution in [-0.4, -0.2) is 20.5 Å². The maximum atomic E-state index is 4.31. The molecule has 0 N–H and O–H groups in total. The lowest BCUT2D eigenvalue weighted by molar-refractivity contribution is 0.700. The largest absolute Gasteiger partial charge is 0.301 e. The molecule has 2 rings (SSSR count). The second-order valence-electron chi connectivity index (χ2n) is 4.33. The summed E-state index contributed by atoms with van der Waals surface area (Å²) in [5, 5.41) is 9.55. The summed E-state index contributed by atoms with van der Waals surface area (Å²) in [6.07, 6.45) is 1.89. The van der Waals surface area contributed by atoms with Gasteiger partial charge >= 0.3 is 0 Å². The normalized spacial score (nSPS) is 10.7. The Balaban J connectivity index is 2.08. The van der Waals surface area contributed by atoms with Crippen molar-refractivity contribution in [1.29, 1.82) is 0 Å². The van der Waals surface area contributed by atoms with E-state index in [1.165, 1.54) is 10.5 Å².